The summed E-state index contributed by atoms with van der Waals surface area (Å²) in [5, 5.41) is 5.44. The number of benzene rings is 1. The number of aromatic nitrogens is 1. The number of halogens is 2. The fraction of sp³-hybridized carbons (Fsp3) is 0.154. The first-order valence-corrected chi connectivity index (χ1v) is 6.98. The summed E-state index contributed by atoms with van der Waals surface area (Å²) in [6, 6.07) is 9.61. The van der Waals surface area contributed by atoms with Gasteiger partial charge in [-0.2, -0.15) is 0 Å². The van der Waals surface area contributed by atoms with E-state index in [-0.39, 0.29) is 0 Å². The number of hydrogen-bond donors (Lipinski definition) is 1. The second kappa shape index (κ2) is 6.43. The molecule has 0 saturated carbocycles. The summed E-state index contributed by atoms with van der Waals surface area (Å²) in [4.78, 5) is 5.42. The van der Waals surface area contributed by atoms with Crippen molar-refractivity contribution in [1.29, 1.82) is 0 Å². The Kier molecular flexibility index (Phi) is 4.89. The molecule has 0 aliphatic rings. The lowest BCUT2D eigenvalue weighted by Crippen LogP contribution is -2.06. The molecule has 1 N–H and O–H groups in total. The van der Waals surface area contributed by atoms with Crippen molar-refractivity contribution < 1.29 is 0 Å². The highest BCUT2D eigenvalue weighted by atomic mass is 35.5. The Bertz CT molecular complexity index is 529. The van der Waals surface area contributed by atoms with Crippen molar-refractivity contribution >= 4 is 35.0 Å². The molecule has 0 aliphatic carbocycles. The normalized spacial score (nSPS) is 10.6. The number of nitrogens with one attached hydrogen (secondary N) is 1. The smallest absolute Gasteiger partial charge is 0.101 e. The minimum atomic E-state index is 0.644. The van der Waals surface area contributed by atoms with Crippen LogP contribution >= 0.6 is 35.0 Å². The van der Waals surface area contributed by atoms with Gasteiger partial charge in [-0.3, -0.25) is 0 Å². The first-order chi connectivity index (χ1) is 8.69. The quantitative estimate of drug-likeness (QED) is 0.913. The van der Waals surface area contributed by atoms with Crippen molar-refractivity contribution in [2.75, 3.05) is 7.05 Å². The van der Waals surface area contributed by atoms with Gasteiger partial charge >= 0.3 is 0 Å². The van der Waals surface area contributed by atoms with Gasteiger partial charge in [0.15, 0.2) is 0 Å². The summed E-state index contributed by atoms with van der Waals surface area (Å²) in [5.74, 6) is 0. The maximum atomic E-state index is 6.01. The Hall–Kier alpha value is -0.740. The zero-order chi connectivity index (χ0) is 13.0. The van der Waals surface area contributed by atoms with E-state index in [2.05, 4.69) is 10.3 Å². The molecule has 94 valence electrons. The molecule has 0 amide bonds. The Labute approximate surface area is 121 Å². The molecule has 2 nitrogen and oxygen atoms in total. The molecule has 1 aromatic heterocycles. The molecule has 2 rings (SSSR count). The lowest BCUT2D eigenvalue weighted by molar-refractivity contribution is 0.803. The maximum absolute atomic E-state index is 6.01. The van der Waals surface area contributed by atoms with Crippen LogP contribution in [0.3, 0.4) is 0 Å². The summed E-state index contributed by atoms with van der Waals surface area (Å²) in [5.41, 5.74) is 1.16. The van der Waals surface area contributed by atoms with Gasteiger partial charge in [-0.25, -0.2) is 4.98 Å². The molecule has 0 atom stereocenters. The van der Waals surface area contributed by atoms with E-state index in [0.717, 1.165) is 27.1 Å². The van der Waals surface area contributed by atoms with Crippen molar-refractivity contribution in [3.05, 3.63) is 52.1 Å². The van der Waals surface area contributed by atoms with Crippen LogP contribution in [0.4, 0.5) is 0 Å². The van der Waals surface area contributed by atoms with Crippen molar-refractivity contribution in [3.8, 4) is 0 Å². The largest absolute Gasteiger partial charge is 0.316 e. The van der Waals surface area contributed by atoms with Crippen molar-refractivity contribution in [1.82, 2.24) is 10.3 Å². The minimum Gasteiger partial charge on any atom is -0.316 e. The topological polar surface area (TPSA) is 24.9 Å². The highest BCUT2D eigenvalue weighted by molar-refractivity contribution is 7.99. The summed E-state index contributed by atoms with van der Waals surface area (Å²) in [6.07, 6.45) is 1.65. The second-order valence-electron chi connectivity index (χ2n) is 3.70. The van der Waals surface area contributed by atoms with Gasteiger partial charge in [0.2, 0.25) is 0 Å². The van der Waals surface area contributed by atoms with Crippen LogP contribution in [0.2, 0.25) is 10.0 Å². The maximum Gasteiger partial charge on any atom is 0.101 e. The van der Waals surface area contributed by atoms with E-state index in [1.165, 1.54) is 0 Å². The van der Waals surface area contributed by atoms with Gasteiger partial charge in [-0.15, -0.1) is 0 Å². The van der Waals surface area contributed by atoms with Gasteiger partial charge in [0.25, 0.3) is 0 Å². The van der Waals surface area contributed by atoms with Crippen molar-refractivity contribution in [2.45, 2.75) is 16.5 Å². The summed E-state index contributed by atoms with van der Waals surface area (Å²) >= 11 is 13.4. The molecule has 1 aromatic carbocycles. The number of hydrogen-bond acceptors (Lipinski definition) is 3. The van der Waals surface area contributed by atoms with E-state index in [1.807, 2.05) is 37.4 Å². The Morgan fingerprint density at radius 3 is 2.61 bits per heavy atom. The van der Waals surface area contributed by atoms with E-state index < -0.39 is 0 Å². The zero-order valence-electron chi connectivity index (χ0n) is 9.78. The lowest BCUT2D eigenvalue weighted by atomic mass is 10.2. The lowest BCUT2D eigenvalue weighted by Gasteiger charge is -2.09. The van der Waals surface area contributed by atoms with Gasteiger partial charge in [0.05, 0.1) is 5.02 Å². The predicted octanol–water partition coefficient (Wildman–Crippen LogP) is 4.26. The highest BCUT2D eigenvalue weighted by Crippen LogP contribution is 2.31. The van der Waals surface area contributed by atoms with Crippen molar-refractivity contribution in [2.24, 2.45) is 0 Å². The molecule has 0 unspecified atom stereocenters. The molecule has 0 radical (unpaired) electrons. The van der Waals surface area contributed by atoms with Crippen LogP contribution in [-0.4, -0.2) is 12.0 Å². The molecule has 0 spiro atoms. The Morgan fingerprint density at radius 2 is 1.94 bits per heavy atom. The Balaban J connectivity index is 2.25. The van der Waals surface area contributed by atoms with E-state index in [9.17, 15) is 0 Å². The molecular weight excluding hydrogens is 287 g/mol. The molecule has 1 heterocycles. The van der Waals surface area contributed by atoms with Gasteiger partial charge in [-0.1, -0.05) is 35.0 Å². The molecule has 0 saturated heterocycles. The number of pyridine rings is 1. The summed E-state index contributed by atoms with van der Waals surface area (Å²) in [6.45, 7) is 0.774. The standard InChI is InChI=1S/C13H12Cl2N2S/c1-16-7-9-6-10(14)2-4-12(9)18-13-5-3-11(15)8-17-13/h2-6,8,16H,7H2,1H3. The zero-order valence-corrected chi connectivity index (χ0v) is 12.1. The first-order valence-electron chi connectivity index (χ1n) is 5.41. The third kappa shape index (κ3) is 3.62. The van der Waals surface area contributed by atoms with Gasteiger partial charge in [0, 0.05) is 22.7 Å². The van der Waals surface area contributed by atoms with Crippen LogP contribution < -0.4 is 5.32 Å². The van der Waals surface area contributed by atoms with Gasteiger partial charge in [0.1, 0.15) is 5.03 Å². The molecular formula is C13H12Cl2N2S. The van der Waals surface area contributed by atoms with E-state index in [1.54, 1.807) is 18.0 Å². The first kappa shape index (κ1) is 13.7. The van der Waals surface area contributed by atoms with Crippen LogP contribution in [-0.2, 0) is 6.54 Å². The van der Waals surface area contributed by atoms with Crippen LogP contribution in [0.15, 0.2) is 46.5 Å². The SMILES string of the molecule is CNCc1cc(Cl)ccc1Sc1ccc(Cl)cn1. The highest BCUT2D eigenvalue weighted by Gasteiger charge is 2.06. The van der Waals surface area contributed by atoms with E-state index in [4.69, 9.17) is 23.2 Å². The predicted molar refractivity (Wildman–Crippen MR) is 77.6 cm³/mol. The number of nitrogens with zero attached hydrogens (tertiary/aromatic N) is 1. The monoisotopic (exact) mass is 298 g/mol. The minimum absolute atomic E-state index is 0.644. The molecule has 5 heteroatoms. The molecule has 0 bridgehead atoms. The van der Waals surface area contributed by atoms with Crippen LogP contribution in [0.25, 0.3) is 0 Å². The summed E-state index contributed by atoms with van der Waals surface area (Å²) < 4.78 is 0. The molecule has 0 fully saturated rings. The van der Waals surface area contributed by atoms with Gasteiger partial charge in [-0.05, 0) is 42.9 Å². The van der Waals surface area contributed by atoms with Crippen molar-refractivity contribution in [3.63, 3.8) is 0 Å². The fourth-order valence-electron chi connectivity index (χ4n) is 1.51. The molecule has 18 heavy (non-hydrogen) atoms. The van der Waals surface area contributed by atoms with Crippen LogP contribution in [0, 0.1) is 0 Å². The average molecular weight is 299 g/mol. The third-order valence-electron chi connectivity index (χ3n) is 2.30. The second-order valence-corrected chi connectivity index (χ2v) is 5.63. The summed E-state index contributed by atoms with van der Waals surface area (Å²) in [7, 11) is 1.91. The Morgan fingerprint density at radius 1 is 1.17 bits per heavy atom. The van der Waals surface area contributed by atoms with E-state index >= 15 is 0 Å². The van der Waals surface area contributed by atoms with Gasteiger partial charge < -0.3 is 5.32 Å². The average Bonchev–Trinajstić information content (AvgIpc) is 2.36. The fourth-order valence-corrected chi connectivity index (χ4v) is 2.68. The molecule has 0 aliphatic heterocycles. The number of rotatable bonds is 4. The molecule has 2 aromatic rings. The van der Waals surface area contributed by atoms with Crippen LogP contribution in [0.1, 0.15) is 5.56 Å². The third-order valence-corrected chi connectivity index (χ3v) is 3.83. The van der Waals surface area contributed by atoms with E-state index in [0.29, 0.717) is 5.02 Å². The van der Waals surface area contributed by atoms with Crippen LogP contribution in [0.5, 0.6) is 0 Å².